The van der Waals surface area contributed by atoms with Crippen molar-refractivity contribution < 1.29 is 9.90 Å². The highest BCUT2D eigenvalue weighted by atomic mass is 16.3. The first-order valence-electron chi connectivity index (χ1n) is 6.33. The Kier molecular flexibility index (Phi) is 8.26. The normalized spacial score (nSPS) is 11.5. The third-order valence-electron chi connectivity index (χ3n) is 2.49. The number of aliphatic hydroxyl groups is 1. The first-order chi connectivity index (χ1) is 7.45. The van der Waals surface area contributed by atoms with Crippen LogP contribution in [0.4, 0.5) is 0 Å². The average Bonchev–Trinajstić information content (AvgIpc) is 2.18. The molecule has 3 heteroatoms. The first-order valence-corrected chi connectivity index (χ1v) is 6.33. The van der Waals surface area contributed by atoms with Gasteiger partial charge < -0.3 is 10.4 Å². The van der Waals surface area contributed by atoms with Crippen LogP contribution in [0.1, 0.15) is 59.3 Å². The maximum absolute atomic E-state index is 11.2. The van der Waals surface area contributed by atoms with E-state index in [0.29, 0.717) is 18.3 Å². The van der Waals surface area contributed by atoms with Gasteiger partial charge in [-0.3, -0.25) is 4.79 Å². The molecule has 96 valence electrons. The molecule has 0 aliphatic heterocycles. The van der Waals surface area contributed by atoms with Gasteiger partial charge in [-0.05, 0) is 24.7 Å². The number of carbonyl (C=O) groups is 1. The summed E-state index contributed by atoms with van der Waals surface area (Å²) in [6, 6.07) is 0. The Morgan fingerprint density at radius 2 is 1.81 bits per heavy atom. The Labute approximate surface area is 99.6 Å². The molecule has 16 heavy (non-hydrogen) atoms. The Balaban J connectivity index is 3.24. The lowest BCUT2D eigenvalue weighted by Crippen LogP contribution is -2.24. The molecule has 0 aromatic rings. The lowest BCUT2D eigenvalue weighted by Gasteiger charge is -2.17. The van der Waals surface area contributed by atoms with Crippen LogP contribution in [0, 0.1) is 5.41 Å². The highest BCUT2D eigenvalue weighted by Gasteiger charge is 2.08. The van der Waals surface area contributed by atoms with E-state index < -0.39 is 0 Å². The smallest absolute Gasteiger partial charge is 0.220 e. The largest absolute Gasteiger partial charge is 0.396 e. The molecule has 3 nitrogen and oxygen atoms in total. The molecule has 0 heterocycles. The van der Waals surface area contributed by atoms with Gasteiger partial charge in [0, 0.05) is 19.6 Å². The number of hydrogen-bond acceptors (Lipinski definition) is 2. The fraction of sp³-hybridized carbons (Fsp3) is 0.923. The summed E-state index contributed by atoms with van der Waals surface area (Å²) in [6.45, 7) is 7.63. The third kappa shape index (κ3) is 11.5. The van der Waals surface area contributed by atoms with E-state index in [-0.39, 0.29) is 12.5 Å². The topological polar surface area (TPSA) is 49.3 Å². The Morgan fingerprint density at radius 3 is 2.38 bits per heavy atom. The zero-order chi connectivity index (χ0) is 12.4. The minimum atomic E-state index is 0.0601. The summed E-state index contributed by atoms with van der Waals surface area (Å²) in [5.41, 5.74) is 0.421. The standard InChI is InChI=1S/C13H27NO2/c1-13(2,3)9-5-4-6-10-14-12(16)8-7-11-15/h15H,4-11H2,1-3H3,(H,14,16). The second-order valence-electron chi connectivity index (χ2n) is 5.55. The number of carbonyl (C=O) groups excluding carboxylic acids is 1. The Hall–Kier alpha value is -0.570. The molecule has 0 radical (unpaired) electrons. The molecule has 0 aliphatic rings. The van der Waals surface area contributed by atoms with E-state index in [4.69, 9.17) is 5.11 Å². The maximum Gasteiger partial charge on any atom is 0.220 e. The van der Waals surface area contributed by atoms with Gasteiger partial charge in [0.1, 0.15) is 0 Å². The SMILES string of the molecule is CC(C)(C)CCCCCNC(=O)CCCO. The second-order valence-corrected chi connectivity index (χ2v) is 5.55. The molecule has 0 saturated carbocycles. The average molecular weight is 229 g/mol. The molecule has 1 amide bonds. The Bertz CT molecular complexity index is 185. The van der Waals surface area contributed by atoms with Crippen molar-refractivity contribution in [1.29, 1.82) is 0 Å². The van der Waals surface area contributed by atoms with Crippen molar-refractivity contribution in [3.05, 3.63) is 0 Å². The van der Waals surface area contributed by atoms with Crippen LogP contribution >= 0.6 is 0 Å². The van der Waals surface area contributed by atoms with Crippen molar-refractivity contribution in [3.63, 3.8) is 0 Å². The fourth-order valence-electron chi connectivity index (χ4n) is 1.51. The van der Waals surface area contributed by atoms with E-state index in [2.05, 4.69) is 26.1 Å². The number of unbranched alkanes of at least 4 members (excludes halogenated alkanes) is 2. The van der Waals surface area contributed by atoms with E-state index >= 15 is 0 Å². The fourth-order valence-corrected chi connectivity index (χ4v) is 1.51. The minimum Gasteiger partial charge on any atom is -0.396 e. The molecule has 0 rings (SSSR count). The summed E-state index contributed by atoms with van der Waals surface area (Å²) in [4.78, 5) is 11.2. The molecule has 2 N–H and O–H groups in total. The molecule has 0 atom stereocenters. The van der Waals surface area contributed by atoms with Crippen LogP contribution < -0.4 is 5.32 Å². The van der Waals surface area contributed by atoms with Crippen LogP contribution in [0.5, 0.6) is 0 Å². The predicted molar refractivity (Wildman–Crippen MR) is 67.3 cm³/mol. The molecular formula is C13H27NO2. The van der Waals surface area contributed by atoms with Crippen molar-refractivity contribution in [2.75, 3.05) is 13.2 Å². The summed E-state index contributed by atoms with van der Waals surface area (Å²) >= 11 is 0. The van der Waals surface area contributed by atoms with Gasteiger partial charge in [0.05, 0.1) is 0 Å². The number of rotatable bonds is 8. The van der Waals surface area contributed by atoms with E-state index in [1.54, 1.807) is 0 Å². The summed E-state index contributed by atoms with van der Waals surface area (Å²) in [5.74, 6) is 0.0601. The van der Waals surface area contributed by atoms with Gasteiger partial charge in [-0.1, -0.05) is 33.6 Å². The number of hydrogen-bond donors (Lipinski definition) is 2. The predicted octanol–water partition coefficient (Wildman–Crippen LogP) is 2.48. The van der Waals surface area contributed by atoms with Gasteiger partial charge in [-0.25, -0.2) is 0 Å². The first kappa shape index (κ1) is 15.4. The molecule has 0 aromatic carbocycles. The zero-order valence-corrected chi connectivity index (χ0v) is 11.0. The lowest BCUT2D eigenvalue weighted by molar-refractivity contribution is -0.121. The second kappa shape index (κ2) is 8.57. The quantitative estimate of drug-likeness (QED) is 0.628. The lowest BCUT2D eigenvalue weighted by atomic mass is 9.89. The van der Waals surface area contributed by atoms with E-state index in [1.165, 1.54) is 19.3 Å². The van der Waals surface area contributed by atoms with Crippen molar-refractivity contribution in [3.8, 4) is 0 Å². The summed E-state index contributed by atoms with van der Waals surface area (Å²) in [6.07, 6.45) is 5.72. The van der Waals surface area contributed by atoms with Gasteiger partial charge in [-0.2, -0.15) is 0 Å². The summed E-state index contributed by atoms with van der Waals surface area (Å²) < 4.78 is 0. The van der Waals surface area contributed by atoms with Crippen LogP contribution in [-0.2, 0) is 4.79 Å². The molecule has 0 fully saturated rings. The van der Waals surface area contributed by atoms with Crippen LogP contribution in [0.15, 0.2) is 0 Å². The zero-order valence-electron chi connectivity index (χ0n) is 11.0. The van der Waals surface area contributed by atoms with Gasteiger partial charge in [0.25, 0.3) is 0 Å². The highest BCUT2D eigenvalue weighted by Crippen LogP contribution is 2.21. The molecule has 0 saturated heterocycles. The van der Waals surface area contributed by atoms with Gasteiger partial charge in [0.2, 0.25) is 5.91 Å². The van der Waals surface area contributed by atoms with Crippen molar-refractivity contribution in [2.24, 2.45) is 5.41 Å². The summed E-state index contributed by atoms with van der Waals surface area (Å²) in [5, 5.41) is 11.4. The number of nitrogens with one attached hydrogen (secondary N) is 1. The van der Waals surface area contributed by atoms with Crippen LogP contribution in [0.3, 0.4) is 0 Å². The molecule has 0 bridgehead atoms. The third-order valence-corrected chi connectivity index (χ3v) is 2.49. The van der Waals surface area contributed by atoms with E-state index in [9.17, 15) is 4.79 Å². The van der Waals surface area contributed by atoms with E-state index in [0.717, 1.165) is 13.0 Å². The van der Waals surface area contributed by atoms with Gasteiger partial charge >= 0.3 is 0 Å². The number of amides is 1. The van der Waals surface area contributed by atoms with Crippen LogP contribution in [0.2, 0.25) is 0 Å². The molecular weight excluding hydrogens is 202 g/mol. The summed E-state index contributed by atoms with van der Waals surface area (Å²) in [7, 11) is 0. The van der Waals surface area contributed by atoms with Gasteiger partial charge in [0.15, 0.2) is 0 Å². The Morgan fingerprint density at radius 1 is 1.12 bits per heavy atom. The highest BCUT2D eigenvalue weighted by molar-refractivity contribution is 5.75. The van der Waals surface area contributed by atoms with Crippen molar-refractivity contribution in [2.45, 2.75) is 59.3 Å². The van der Waals surface area contributed by atoms with Gasteiger partial charge in [-0.15, -0.1) is 0 Å². The molecule has 0 unspecified atom stereocenters. The molecule has 0 aromatic heterocycles. The van der Waals surface area contributed by atoms with Crippen LogP contribution in [0.25, 0.3) is 0 Å². The molecule has 0 aliphatic carbocycles. The monoisotopic (exact) mass is 229 g/mol. The molecule has 0 spiro atoms. The number of aliphatic hydroxyl groups excluding tert-OH is 1. The van der Waals surface area contributed by atoms with Crippen molar-refractivity contribution >= 4 is 5.91 Å². The van der Waals surface area contributed by atoms with Crippen molar-refractivity contribution in [1.82, 2.24) is 5.32 Å². The van der Waals surface area contributed by atoms with Crippen LogP contribution in [-0.4, -0.2) is 24.2 Å². The maximum atomic E-state index is 11.2. The van der Waals surface area contributed by atoms with E-state index in [1.807, 2.05) is 0 Å². The minimum absolute atomic E-state index is 0.0601.